The van der Waals surface area contributed by atoms with E-state index in [4.69, 9.17) is 0 Å². The molecule has 1 aromatic heterocycles. The zero-order valence-electron chi connectivity index (χ0n) is 9.62. The molecule has 3 heteroatoms. The fraction of sp³-hybridized carbons (Fsp3) is 0. The molecular weight excluding hydrogens is 227 g/mol. The van der Waals surface area contributed by atoms with Crippen LogP contribution in [-0.4, -0.2) is 10.9 Å². The maximum absolute atomic E-state index is 12.8. The van der Waals surface area contributed by atoms with Crippen LogP contribution < -0.4 is 0 Å². The Morgan fingerprint density at radius 2 is 1.72 bits per heavy atom. The first-order valence-electron chi connectivity index (χ1n) is 5.68. The molecule has 0 aliphatic heterocycles. The quantitative estimate of drug-likeness (QED) is 0.474. The summed E-state index contributed by atoms with van der Waals surface area (Å²) in [5.41, 5.74) is 1.83. The number of hydrogen-bond donors (Lipinski definition) is 0. The van der Waals surface area contributed by atoms with Crippen LogP contribution in [0.2, 0.25) is 0 Å². The lowest BCUT2D eigenvalue weighted by atomic mass is 10.2. The second-order valence-electron chi connectivity index (χ2n) is 4.00. The van der Waals surface area contributed by atoms with Gasteiger partial charge in [-0.25, -0.2) is 9.38 Å². The van der Waals surface area contributed by atoms with Crippen LogP contribution in [-0.2, 0) is 0 Å². The summed E-state index contributed by atoms with van der Waals surface area (Å²) in [6, 6.07) is 16.2. The van der Waals surface area contributed by atoms with Crippen molar-refractivity contribution in [2.24, 2.45) is 4.99 Å². The average Bonchev–Trinajstić information content (AvgIpc) is 2.82. The van der Waals surface area contributed by atoms with Crippen molar-refractivity contribution in [2.45, 2.75) is 0 Å². The summed E-state index contributed by atoms with van der Waals surface area (Å²) in [4.78, 5) is 4.31. The lowest BCUT2D eigenvalue weighted by molar-refractivity contribution is 0.628. The first kappa shape index (κ1) is 10.7. The van der Waals surface area contributed by atoms with Gasteiger partial charge in [0.1, 0.15) is 5.82 Å². The van der Waals surface area contributed by atoms with E-state index < -0.39 is 0 Å². The smallest absolute Gasteiger partial charge is 0.123 e. The second kappa shape index (κ2) is 4.45. The van der Waals surface area contributed by atoms with Gasteiger partial charge in [0.25, 0.3) is 0 Å². The molecule has 88 valence electrons. The van der Waals surface area contributed by atoms with Crippen molar-refractivity contribution in [3.63, 3.8) is 0 Å². The van der Waals surface area contributed by atoms with Gasteiger partial charge in [-0.3, -0.25) is 0 Å². The fourth-order valence-electron chi connectivity index (χ4n) is 1.86. The Kier molecular flexibility index (Phi) is 2.65. The lowest BCUT2D eigenvalue weighted by Gasteiger charge is -1.97. The number of rotatable bonds is 2. The number of nitrogens with zero attached hydrogens (tertiary/aromatic N) is 2. The van der Waals surface area contributed by atoms with Crippen molar-refractivity contribution in [1.82, 2.24) is 4.57 Å². The normalized spacial score (nSPS) is 11.4. The van der Waals surface area contributed by atoms with Crippen molar-refractivity contribution in [3.8, 4) is 0 Å². The summed E-state index contributed by atoms with van der Waals surface area (Å²) >= 11 is 0. The average molecular weight is 238 g/mol. The van der Waals surface area contributed by atoms with E-state index in [0.29, 0.717) is 0 Å². The number of para-hydroxylation sites is 1. The Labute approximate surface area is 104 Å². The molecule has 3 aromatic rings. The van der Waals surface area contributed by atoms with Gasteiger partial charge in [-0.2, -0.15) is 0 Å². The highest BCUT2D eigenvalue weighted by Crippen LogP contribution is 2.15. The van der Waals surface area contributed by atoms with Gasteiger partial charge in [0.2, 0.25) is 0 Å². The van der Waals surface area contributed by atoms with Crippen molar-refractivity contribution < 1.29 is 4.39 Å². The van der Waals surface area contributed by atoms with Crippen LogP contribution in [0.5, 0.6) is 0 Å². The number of aliphatic imine (C=N–C) groups is 1. The molecule has 0 amide bonds. The van der Waals surface area contributed by atoms with Gasteiger partial charge in [-0.15, -0.1) is 0 Å². The summed E-state index contributed by atoms with van der Waals surface area (Å²) in [6.07, 6.45) is 3.69. The standard InChI is InChI=1S/C15H11FN2/c16-13-5-7-14(8-6-13)17-11-18-10-9-12-3-1-2-4-15(12)18/h1-11H. The molecule has 0 aliphatic carbocycles. The Morgan fingerprint density at radius 1 is 0.944 bits per heavy atom. The molecule has 0 fully saturated rings. The van der Waals surface area contributed by atoms with Crippen molar-refractivity contribution in [2.75, 3.05) is 0 Å². The SMILES string of the molecule is Fc1ccc(N=Cn2ccc3ccccc32)cc1. The Balaban J connectivity index is 1.94. The molecule has 18 heavy (non-hydrogen) atoms. The van der Waals surface area contributed by atoms with E-state index >= 15 is 0 Å². The summed E-state index contributed by atoms with van der Waals surface area (Å²) in [5.74, 6) is -0.250. The molecule has 0 aliphatic rings. The van der Waals surface area contributed by atoms with Gasteiger partial charge in [-0.05, 0) is 41.8 Å². The van der Waals surface area contributed by atoms with Crippen LogP contribution in [0.4, 0.5) is 10.1 Å². The highest BCUT2D eigenvalue weighted by molar-refractivity contribution is 5.86. The monoisotopic (exact) mass is 238 g/mol. The third-order valence-corrected chi connectivity index (χ3v) is 2.79. The Bertz CT molecular complexity index is 696. The van der Waals surface area contributed by atoms with E-state index in [-0.39, 0.29) is 5.82 Å². The topological polar surface area (TPSA) is 17.3 Å². The molecule has 0 bridgehead atoms. The second-order valence-corrected chi connectivity index (χ2v) is 4.00. The molecule has 2 aromatic carbocycles. The van der Waals surface area contributed by atoms with E-state index in [1.165, 1.54) is 17.5 Å². The largest absolute Gasteiger partial charge is 0.307 e. The van der Waals surface area contributed by atoms with Crippen LogP contribution in [0.15, 0.2) is 65.8 Å². The molecule has 0 atom stereocenters. The molecule has 1 heterocycles. The van der Waals surface area contributed by atoms with Crippen LogP contribution in [0.1, 0.15) is 0 Å². The van der Waals surface area contributed by atoms with E-state index in [9.17, 15) is 4.39 Å². The predicted molar refractivity (Wildman–Crippen MR) is 71.9 cm³/mol. The molecule has 0 saturated carbocycles. The Hall–Kier alpha value is -2.42. The van der Waals surface area contributed by atoms with E-state index in [1.54, 1.807) is 18.5 Å². The van der Waals surface area contributed by atoms with Gasteiger partial charge in [0, 0.05) is 6.20 Å². The maximum atomic E-state index is 12.8. The van der Waals surface area contributed by atoms with Gasteiger partial charge in [-0.1, -0.05) is 18.2 Å². The summed E-state index contributed by atoms with van der Waals surface area (Å²) < 4.78 is 14.7. The lowest BCUT2D eigenvalue weighted by Crippen LogP contribution is -1.91. The first-order valence-corrected chi connectivity index (χ1v) is 5.68. The summed E-state index contributed by atoms with van der Waals surface area (Å²) in [5, 5.41) is 1.17. The zero-order valence-corrected chi connectivity index (χ0v) is 9.62. The third-order valence-electron chi connectivity index (χ3n) is 2.79. The van der Waals surface area contributed by atoms with Crippen molar-refractivity contribution >= 4 is 22.9 Å². The van der Waals surface area contributed by atoms with Crippen LogP contribution in [0.25, 0.3) is 10.9 Å². The Morgan fingerprint density at radius 3 is 2.56 bits per heavy atom. The molecule has 0 radical (unpaired) electrons. The number of benzene rings is 2. The minimum atomic E-state index is -0.250. The van der Waals surface area contributed by atoms with Gasteiger partial charge < -0.3 is 4.57 Å². The van der Waals surface area contributed by atoms with Crippen molar-refractivity contribution in [3.05, 3.63) is 66.6 Å². The maximum Gasteiger partial charge on any atom is 0.123 e. The molecule has 3 rings (SSSR count). The highest BCUT2D eigenvalue weighted by atomic mass is 19.1. The number of aromatic nitrogens is 1. The highest BCUT2D eigenvalue weighted by Gasteiger charge is 1.96. The molecule has 0 unspecified atom stereocenters. The predicted octanol–water partition coefficient (Wildman–Crippen LogP) is 3.99. The molecule has 2 nitrogen and oxygen atoms in total. The van der Waals surface area contributed by atoms with E-state index in [2.05, 4.69) is 11.1 Å². The van der Waals surface area contributed by atoms with Crippen LogP contribution >= 0.6 is 0 Å². The van der Waals surface area contributed by atoms with Gasteiger partial charge >= 0.3 is 0 Å². The molecule has 0 saturated heterocycles. The first-order chi connectivity index (χ1) is 8.83. The van der Waals surface area contributed by atoms with Crippen LogP contribution in [0.3, 0.4) is 0 Å². The summed E-state index contributed by atoms with van der Waals surface area (Å²) in [6.45, 7) is 0. The molecular formula is C15H11FN2. The molecule has 0 N–H and O–H groups in total. The number of halogens is 1. The third kappa shape index (κ3) is 2.02. The molecule has 0 spiro atoms. The number of hydrogen-bond acceptors (Lipinski definition) is 1. The fourth-order valence-corrected chi connectivity index (χ4v) is 1.86. The van der Waals surface area contributed by atoms with Gasteiger partial charge in [0.05, 0.1) is 17.5 Å². The number of fused-ring (bicyclic) bond motifs is 1. The zero-order chi connectivity index (χ0) is 12.4. The van der Waals surface area contributed by atoms with Gasteiger partial charge in [0.15, 0.2) is 0 Å². The van der Waals surface area contributed by atoms with Crippen molar-refractivity contribution in [1.29, 1.82) is 0 Å². The van der Waals surface area contributed by atoms with E-state index in [1.807, 2.05) is 35.0 Å². The minimum absolute atomic E-state index is 0.250. The summed E-state index contributed by atoms with van der Waals surface area (Å²) in [7, 11) is 0. The van der Waals surface area contributed by atoms with Crippen LogP contribution in [0, 0.1) is 5.82 Å². The van der Waals surface area contributed by atoms with E-state index in [0.717, 1.165) is 11.2 Å². The minimum Gasteiger partial charge on any atom is -0.307 e.